The Morgan fingerprint density at radius 3 is 2.46 bits per heavy atom. The van der Waals surface area contributed by atoms with Crippen LogP contribution in [0, 0.1) is 11.8 Å². The zero-order chi connectivity index (χ0) is 9.42. The summed E-state index contributed by atoms with van der Waals surface area (Å²) in [5.41, 5.74) is 5.91. The highest BCUT2D eigenvalue weighted by atomic mass is 15.1. The minimum absolute atomic E-state index is 0.476. The van der Waals surface area contributed by atoms with E-state index in [1.54, 1.807) is 0 Å². The van der Waals surface area contributed by atoms with E-state index in [2.05, 4.69) is 18.9 Å². The molecule has 4 atom stereocenters. The monoisotopic (exact) mass is 182 g/mol. The maximum atomic E-state index is 5.91. The number of nitrogens with zero attached hydrogens (tertiary/aromatic N) is 1. The Morgan fingerprint density at radius 2 is 2.00 bits per heavy atom. The standard InChI is InChI=1S/C11H22N2/c1-8-5-9(8)7-13(2)11-4-3-10(12)6-11/h8-11H,3-7,12H2,1-2H3. The first kappa shape index (κ1) is 9.47. The molecule has 2 nitrogen and oxygen atoms in total. The van der Waals surface area contributed by atoms with Gasteiger partial charge < -0.3 is 10.6 Å². The molecule has 0 aromatic carbocycles. The van der Waals surface area contributed by atoms with Crippen molar-refractivity contribution in [3.05, 3.63) is 0 Å². The summed E-state index contributed by atoms with van der Waals surface area (Å²) < 4.78 is 0. The molecular formula is C11H22N2. The Balaban J connectivity index is 1.73. The van der Waals surface area contributed by atoms with E-state index in [9.17, 15) is 0 Å². The SMILES string of the molecule is CC1CC1CN(C)C1CCC(N)C1. The van der Waals surface area contributed by atoms with Crippen LogP contribution < -0.4 is 5.73 Å². The van der Waals surface area contributed by atoms with Crippen LogP contribution in [0.25, 0.3) is 0 Å². The van der Waals surface area contributed by atoms with E-state index in [4.69, 9.17) is 5.73 Å². The van der Waals surface area contributed by atoms with Gasteiger partial charge in [0.05, 0.1) is 0 Å². The molecule has 0 bridgehead atoms. The molecule has 0 spiro atoms. The molecule has 0 aromatic rings. The third-order valence-corrected chi connectivity index (χ3v) is 3.87. The van der Waals surface area contributed by atoms with Gasteiger partial charge in [0.1, 0.15) is 0 Å². The highest BCUT2D eigenvalue weighted by Gasteiger charge is 2.35. The molecule has 2 N–H and O–H groups in total. The predicted octanol–water partition coefficient (Wildman–Crippen LogP) is 1.45. The van der Waals surface area contributed by atoms with Gasteiger partial charge in [-0.15, -0.1) is 0 Å². The second kappa shape index (κ2) is 3.58. The molecule has 2 heteroatoms. The van der Waals surface area contributed by atoms with Gasteiger partial charge in [-0.2, -0.15) is 0 Å². The summed E-state index contributed by atoms with van der Waals surface area (Å²) in [6, 6.07) is 1.26. The molecule has 0 saturated heterocycles. The van der Waals surface area contributed by atoms with E-state index in [1.165, 1.54) is 32.2 Å². The Hall–Kier alpha value is -0.0800. The lowest BCUT2D eigenvalue weighted by molar-refractivity contribution is 0.231. The molecule has 2 aliphatic carbocycles. The molecule has 0 radical (unpaired) electrons. The number of hydrogen-bond donors (Lipinski definition) is 1. The quantitative estimate of drug-likeness (QED) is 0.716. The minimum Gasteiger partial charge on any atom is -0.328 e. The van der Waals surface area contributed by atoms with Gasteiger partial charge in [0.2, 0.25) is 0 Å². The van der Waals surface area contributed by atoms with Gasteiger partial charge in [-0.05, 0) is 44.6 Å². The van der Waals surface area contributed by atoms with Crippen LogP contribution in [0.4, 0.5) is 0 Å². The molecule has 76 valence electrons. The lowest BCUT2D eigenvalue weighted by Crippen LogP contribution is -2.32. The van der Waals surface area contributed by atoms with Crippen molar-refractivity contribution in [2.24, 2.45) is 17.6 Å². The van der Waals surface area contributed by atoms with Crippen molar-refractivity contribution in [3.63, 3.8) is 0 Å². The smallest absolute Gasteiger partial charge is 0.0108 e. The number of nitrogens with two attached hydrogens (primary N) is 1. The van der Waals surface area contributed by atoms with Gasteiger partial charge in [-0.3, -0.25) is 0 Å². The van der Waals surface area contributed by atoms with Crippen LogP contribution in [0.3, 0.4) is 0 Å². The van der Waals surface area contributed by atoms with Crippen molar-refractivity contribution in [2.45, 2.75) is 44.7 Å². The van der Waals surface area contributed by atoms with E-state index >= 15 is 0 Å². The Kier molecular flexibility index (Phi) is 2.61. The van der Waals surface area contributed by atoms with Crippen molar-refractivity contribution in [1.82, 2.24) is 4.90 Å². The fourth-order valence-electron chi connectivity index (χ4n) is 2.56. The largest absolute Gasteiger partial charge is 0.328 e. The molecule has 2 saturated carbocycles. The third-order valence-electron chi connectivity index (χ3n) is 3.87. The lowest BCUT2D eigenvalue weighted by Gasteiger charge is -2.24. The molecule has 2 fully saturated rings. The molecule has 2 aliphatic rings. The third kappa shape index (κ3) is 2.23. The average Bonchev–Trinajstić information content (AvgIpc) is 2.62. The van der Waals surface area contributed by atoms with Crippen molar-refractivity contribution < 1.29 is 0 Å². The van der Waals surface area contributed by atoms with Gasteiger partial charge in [0.15, 0.2) is 0 Å². The van der Waals surface area contributed by atoms with Gasteiger partial charge in [-0.25, -0.2) is 0 Å². The fraction of sp³-hybridized carbons (Fsp3) is 1.00. The summed E-state index contributed by atoms with van der Waals surface area (Å²) >= 11 is 0. The molecule has 0 amide bonds. The van der Waals surface area contributed by atoms with Crippen LogP contribution >= 0.6 is 0 Å². The maximum absolute atomic E-state index is 5.91. The minimum atomic E-state index is 0.476. The van der Waals surface area contributed by atoms with Crippen LogP contribution in [0.5, 0.6) is 0 Å². The van der Waals surface area contributed by atoms with Crippen molar-refractivity contribution in [3.8, 4) is 0 Å². The van der Waals surface area contributed by atoms with E-state index in [1.807, 2.05) is 0 Å². The van der Waals surface area contributed by atoms with Gasteiger partial charge in [-0.1, -0.05) is 6.92 Å². The van der Waals surface area contributed by atoms with Crippen LogP contribution in [-0.4, -0.2) is 30.6 Å². The van der Waals surface area contributed by atoms with Gasteiger partial charge in [0, 0.05) is 18.6 Å². The van der Waals surface area contributed by atoms with Crippen LogP contribution in [0.15, 0.2) is 0 Å². The summed E-state index contributed by atoms with van der Waals surface area (Å²) in [6.07, 6.45) is 5.22. The topological polar surface area (TPSA) is 29.3 Å². The molecule has 0 heterocycles. The highest BCUT2D eigenvalue weighted by Crippen LogP contribution is 2.39. The number of rotatable bonds is 3. The molecular weight excluding hydrogens is 160 g/mol. The maximum Gasteiger partial charge on any atom is 0.0108 e. The average molecular weight is 182 g/mol. The molecule has 0 aromatic heterocycles. The van der Waals surface area contributed by atoms with E-state index < -0.39 is 0 Å². The van der Waals surface area contributed by atoms with Gasteiger partial charge in [0.25, 0.3) is 0 Å². The highest BCUT2D eigenvalue weighted by molar-refractivity contribution is 4.89. The number of hydrogen-bond acceptors (Lipinski definition) is 2. The first-order valence-corrected chi connectivity index (χ1v) is 5.62. The van der Waals surface area contributed by atoms with Gasteiger partial charge >= 0.3 is 0 Å². The fourth-order valence-corrected chi connectivity index (χ4v) is 2.56. The molecule has 2 rings (SSSR count). The van der Waals surface area contributed by atoms with Crippen LogP contribution in [-0.2, 0) is 0 Å². The summed E-state index contributed by atoms with van der Waals surface area (Å²) in [5.74, 6) is 1.97. The van der Waals surface area contributed by atoms with Crippen molar-refractivity contribution in [1.29, 1.82) is 0 Å². The molecule has 4 unspecified atom stereocenters. The first-order valence-electron chi connectivity index (χ1n) is 5.62. The van der Waals surface area contributed by atoms with E-state index in [0.717, 1.165) is 17.9 Å². The zero-order valence-corrected chi connectivity index (χ0v) is 8.87. The van der Waals surface area contributed by atoms with Crippen LogP contribution in [0.2, 0.25) is 0 Å². The predicted molar refractivity (Wildman–Crippen MR) is 55.5 cm³/mol. The zero-order valence-electron chi connectivity index (χ0n) is 8.87. The van der Waals surface area contributed by atoms with Crippen molar-refractivity contribution in [2.75, 3.05) is 13.6 Å². The summed E-state index contributed by atoms with van der Waals surface area (Å²) in [5, 5.41) is 0. The Labute approximate surface area is 81.5 Å². The Morgan fingerprint density at radius 1 is 1.31 bits per heavy atom. The van der Waals surface area contributed by atoms with Crippen LogP contribution in [0.1, 0.15) is 32.6 Å². The second-order valence-electron chi connectivity index (χ2n) is 5.14. The van der Waals surface area contributed by atoms with E-state index in [-0.39, 0.29) is 0 Å². The second-order valence-corrected chi connectivity index (χ2v) is 5.14. The van der Waals surface area contributed by atoms with E-state index in [0.29, 0.717) is 6.04 Å². The summed E-state index contributed by atoms with van der Waals surface area (Å²) in [7, 11) is 2.27. The normalized spacial score (nSPS) is 44.3. The lowest BCUT2D eigenvalue weighted by atomic mass is 10.2. The first-order chi connectivity index (χ1) is 6.16. The summed E-state index contributed by atoms with van der Waals surface area (Å²) in [6.45, 7) is 3.66. The van der Waals surface area contributed by atoms with Crippen molar-refractivity contribution >= 4 is 0 Å². The summed E-state index contributed by atoms with van der Waals surface area (Å²) in [4.78, 5) is 2.54. The Bertz CT molecular complexity index is 181. The molecule has 13 heavy (non-hydrogen) atoms. The molecule has 0 aliphatic heterocycles.